The Labute approximate surface area is 120 Å². The highest BCUT2D eigenvalue weighted by Crippen LogP contribution is 2.38. The molecule has 0 radical (unpaired) electrons. The molecule has 10 heteroatoms. The molecule has 0 saturated heterocycles. The fourth-order valence-electron chi connectivity index (χ4n) is 1.50. The minimum absolute atomic E-state index is 0.288. The molecule has 0 saturated carbocycles. The SMILES string of the molecule is COC(=O)Cc1cc(C#N)cc(OC(F)F)c1OC(F)(F)F. The standard InChI is InChI=1S/C12H8F5NO4/c1-20-9(19)4-7-2-6(5-18)3-8(21-11(13)14)10(7)22-12(15,16)17/h2-3,11H,4H2,1H3. The topological polar surface area (TPSA) is 68.6 Å². The lowest BCUT2D eigenvalue weighted by atomic mass is 10.1. The summed E-state index contributed by atoms with van der Waals surface area (Å²) in [4.78, 5) is 11.2. The summed E-state index contributed by atoms with van der Waals surface area (Å²) in [5, 5.41) is 8.76. The maximum atomic E-state index is 12.4. The van der Waals surface area contributed by atoms with Gasteiger partial charge < -0.3 is 14.2 Å². The van der Waals surface area contributed by atoms with Gasteiger partial charge in [-0.3, -0.25) is 4.79 Å². The molecule has 1 aromatic carbocycles. The fourth-order valence-corrected chi connectivity index (χ4v) is 1.50. The van der Waals surface area contributed by atoms with Crippen LogP contribution in [-0.4, -0.2) is 26.1 Å². The number of carbonyl (C=O) groups excluding carboxylic acids is 1. The largest absolute Gasteiger partial charge is 0.573 e. The zero-order valence-corrected chi connectivity index (χ0v) is 10.9. The van der Waals surface area contributed by atoms with E-state index in [0.29, 0.717) is 6.07 Å². The third-order valence-electron chi connectivity index (χ3n) is 2.26. The molecule has 0 aliphatic carbocycles. The van der Waals surface area contributed by atoms with Crippen LogP contribution in [0.4, 0.5) is 22.0 Å². The van der Waals surface area contributed by atoms with Gasteiger partial charge in [0.25, 0.3) is 0 Å². The average molecular weight is 325 g/mol. The number of methoxy groups -OCH3 is 1. The number of esters is 1. The van der Waals surface area contributed by atoms with Crippen molar-refractivity contribution in [2.75, 3.05) is 7.11 Å². The van der Waals surface area contributed by atoms with E-state index in [1.807, 2.05) is 0 Å². The highest BCUT2D eigenvalue weighted by Gasteiger charge is 2.35. The molecule has 0 spiro atoms. The van der Waals surface area contributed by atoms with Crippen LogP contribution < -0.4 is 9.47 Å². The van der Waals surface area contributed by atoms with Crippen LogP contribution in [-0.2, 0) is 16.0 Å². The summed E-state index contributed by atoms with van der Waals surface area (Å²) >= 11 is 0. The number of hydrogen-bond acceptors (Lipinski definition) is 5. The molecule has 0 atom stereocenters. The molecule has 0 aromatic heterocycles. The number of rotatable bonds is 5. The van der Waals surface area contributed by atoms with Gasteiger partial charge in [-0.1, -0.05) is 0 Å². The van der Waals surface area contributed by atoms with Crippen LogP contribution in [0.15, 0.2) is 12.1 Å². The Balaban J connectivity index is 3.41. The number of nitriles is 1. The number of ether oxygens (including phenoxy) is 3. The molecule has 0 unspecified atom stereocenters. The van der Waals surface area contributed by atoms with E-state index in [2.05, 4.69) is 14.2 Å². The van der Waals surface area contributed by atoms with Gasteiger partial charge in [0.05, 0.1) is 25.2 Å². The van der Waals surface area contributed by atoms with Gasteiger partial charge in [-0.25, -0.2) is 0 Å². The minimum Gasteiger partial charge on any atom is -0.469 e. The van der Waals surface area contributed by atoms with Gasteiger partial charge in [-0.15, -0.1) is 13.2 Å². The Morgan fingerprint density at radius 1 is 1.36 bits per heavy atom. The van der Waals surface area contributed by atoms with Crippen LogP contribution in [0.5, 0.6) is 11.5 Å². The number of halogens is 5. The number of alkyl halides is 5. The lowest BCUT2D eigenvalue weighted by Gasteiger charge is -2.17. The van der Waals surface area contributed by atoms with Crippen molar-refractivity contribution in [3.63, 3.8) is 0 Å². The number of nitrogens with zero attached hydrogens (tertiary/aromatic N) is 1. The van der Waals surface area contributed by atoms with Crippen LogP contribution in [0.3, 0.4) is 0 Å². The van der Waals surface area contributed by atoms with E-state index in [4.69, 9.17) is 5.26 Å². The lowest BCUT2D eigenvalue weighted by molar-refractivity contribution is -0.275. The zero-order valence-electron chi connectivity index (χ0n) is 10.9. The van der Waals surface area contributed by atoms with Crippen LogP contribution in [0.1, 0.15) is 11.1 Å². The lowest BCUT2D eigenvalue weighted by Crippen LogP contribution is -2.20. The zero-order chi connectivity index (χ0) is 16.9. The van der Waals surface area contributed by atoms with E-state index < -0.39 is 42.4 Å². The van der Waals surface area contributed by atoms with Crippen LogP contribution in [0, 0.1) is 11.3 Å². The second-order valence-corrected chi connectivity index (χ2v) is 3.75. The quantitative estimate of drug-likeness (QED) is 0.615. The maximum absolute atomic E-state index is 12.4. The van der Waals surface area contributed by atoms with Crippen molar-refractivity contribution in [1.29, 1.82) is 5.26 Å². The van der Waals surface area contributed by atoms with Gasteiger partial charge >= 0.3 is 18.9 Å². The van der Waals surface area contributed by atoms with E-state index in [9.17, 15) is 26.7 Å². The molecular weight excluding hydrogens is 317 g/mol. The Kier molecular flexibility index (Phi) is 5.50. The van der Waals surface area contributed by atoms with Crippen molar-refractivity contribution in [1.82, 2.24) is 0 Å². The smallest absolute Gasteiger partial charge is 0.469 e. The second-order valence-electron chi connectivity index (χ2n) is 3.75. The van der Waals surface area contributed by atoms with Crippen molar-refractivity contribution in [2.24, 2.45) is 0 Å². The van der Waals surface area contributed by atoms with Crippen LogP contribution >= 0.6 is 0 Å². The van der Waals surface area contributed by atoms with Crippen molar-refractivity contribution in [2.45, 2.75) is 19.4 Å². The van der Waals surface area contributed by atoms with E-state index >= 15 is 0 Å². The maximum Gasteiger partial charge on any atom is 0.573 e. The normalized spacial score (nSPS) is 11.0. The van der Waals surface area contributed by atoms with Gasteiger partial charge in [0.2, 0.25) is 0 Å². The van der Waals surface area contributed by atoms with Crippen LogP contribution in [0.2, 0.25) is 0 Å². The Morgan fingerprint density at radius 3 is 2.45 bits per heavy atom. The molecule has 22 heavy (non-hydrogen) atoms. The number of hydrogen-bond donors (Lipinski definition) is 0. The number of carbonyl (C=O) groups is 1. The predicted octanol–water partition coefficient (Wildman–Crippen LogP) is 2.77. The molecule has 0 fully saturated rings. The van der Waals surface area contributed by atoms with Crippen molar-refractivity contribution >= 4 is 5.97 Å². The Hall–Kier alpha value is -2.57. The predicted molar refractivity (Wildman–Crippen MR) is 60.2 cm³/mol. The molecule has 1 aromatic rings. The summed E-state index contributed by atoms with van der Waals surface area (Å²) in [7, 11) is 0.983. The first-order valence-corrected chi connectivity index (χ1v) is 5.50. The summed E-state index contributed by atoms with van der Waals surface area (Å²) in [5.74, 6) is -3.09. The highest BCUT2D eigenvalue weighted by molar-refractivity contribution is 5.74. The molecule has 0 N–H and O–H groups in total. The first-order valence-electron chi connectivity index (χ1n) is 5.50. The molecule has 0 aliphatic heterocycles. The molecule has 0 heterocycles. The monoisotopic (exact) mass is 325 g/mol. The molecule has 0 amide bonds. The first-order chi connectivity index (χ1) is 10.2. The molecule has 120 valence electrons. The second kappa shape index (κ2) is 6.93. The molecule has 0 aliphatic rings. The van der Waals surface area contributed by atoms with Gasteiger partial charge in [-0.05, 0) is 6.07 Å². The highest BCUT2D eigenvalue weighted by atomic mass is 19.4. The fraction of sp³-hybridized carbons (Fsp3) is 0.333. The summed E-state index contributed by atoms with van der Waals surface area (Å²) in [5.41, 5.74) is -0.761. The first kappa shape index (κ1) is 17.5. The van der Waals surface area contributed by atoms with Crippen LogP contribution in [0.25, 0.3) is 0 Å². The Bertz CT molecular complexity index is 594. The average Bonchev–Trinajstić information content (AvgIpc) is 2.39. The van der Waals surface area contributed by atoms with Gasteiger partial charge in [0, 0.05) is 11.6 Å². The van der Waals surface area contributed by atoms with Gasteiger partial charge in [0.15, 0.2) is 11.5 Å². The molecule has 0 bridgehead atoms. The molecule has 1 rings (SSSR count). The summed E-state index contributed by atoms with van der Waals surface area (Å²) < 4.78 is 73.6. The summed E-state index contributed by atoms with van der Waals surface area (Å²) in [6.45, 7) is -3.45. The molecular formula is C12H8F5NO4. The molecule has 5 nitrogen and oxygen atoms in total. The third-order valence-corrected chi connectivity index (χ3v) is 2.26. The van der Waals surface area contributed by atoms with Gasteiger partial charge in [-0.2, -0.15) is 14.0 Å². The summed E-state index contributed by atoms with van der Waals surface area (Å²) in [6, 6.07) is 3.08. The van der Waals surface area contributed by atoms with E-state index in [1.54, 1.807) is 6.07 Å². The van der Waals surface area contributed by atoms with E-state index in [-0.39, 0.29) is 5.56 Å². The van der Waals surface area contributed by atoms with E-state index in [1.165, 1.54) is 0 Å². The van der Waals surface area contributed by atoms with Crippen molar-refractivity contribution in [3.05, 3.63) is 23.3 Å². The van der Waals surface area contributed by atoms with Crippen molar-refractivity contribution in [3.8, 4) is 17.6 Å². The Morgan fingerprint density at radius 2 is 2.00 bits per heavy atom. The minimum atomic E-state index is -5.21. The van der Waals surface area contributed by atoms with E-state index in [0.717, 1.165) is 13.2 Å². The summed E-state index contributed by atoms with van der Waals surface area (Å²) in [6.07, 6.45) is -5.93. The van der Waals surface area contributed by atoms with Crippen molar-refractivity contribution < 1.29 is 41.0 Å². The van der Waals surface area contributed by atoms with Gasteiger partial charge in [0.1, 0.15) is 0 Å². The number of benzene rings is 1. The third kappa shape index (κ3) is 5.08.